The average molecular weight is 108 g/mol. The normalized spacial score (nSPS) is 7.25. The van der Waals surface area contributed by atoms with Crippen LogP contribution in [-0.2, 0) is 0 Å². The van der Waals surface area contributed by atoms with Crippen molar-refractivity contribution in [2.24, 2.45) is 0 Å². The van der Waals surface area contributed by atoms with E-state index in [4.69, 9.17) is 7.12 Å². The van der Waals surface area contributed by atoms with Gasteiger partial charge in [0.15, 0.2) is 7.12 Å². The molecule has 0 atom stereocenters. The first-order chi connectivity index (χ1) is 1.91. The van der Waals surface area contributed by atoms with Crippen molar-refractivity contribution in [3.05, 3.63) is 0 Å². The molecule has 0 aliphatic rings. The summed E-state index contributed by atoms with van der Waals surface area (Å²) in [6.07, 6.45) is 0. The largest absolute Gasteiger partial charge is 0.178 e. The van der Waals surface area contributed by atoms with E-state index in [9.17, 15) is 0 Å². The summed E-state index contributed by atoms with van der Waals surface area (Å²) in [6.45, 7) is 0. The molecule has 0 aromatic rings. The summed E-state index contributed by atoms with van der Waals surface area (Å²) >= 11 is 3.68. The number of rotatable bonds is 1. The van der Waals surface area contributed by atoms with Crippen molar-refractivity contribution in [1.29, 1.82) is 0 Å². The molecule has 0 unspecified atom stereocenters. The van der Waals surface area contributed by atoms with Crippen molar-refractivity contribution in [2.75, 3.05) is 0 Å². The molecule has 2 radical (unpaired) electrons. The Hall–Kier alpha value is 1.11. The highest BCUT2D eigenvalue weighted by Gasteiger charge is 1.57. The standard InChI is InChI=1S/BHS3/c1-3-4-2/h2H. The lowest BCUT2D eigenvalue weighted by atomic mass is 10.8. The summed E-state index contributed by atoms with van der Waals surface area (Å²) in [5.74, 6) is 0. The smallest absolute Gasteiger partial charge is 0.152 e. The third kappa shape index (κ3) is 3.11. The van der Waals surface area contributed by atoms with E-state index >= 15 is 0 Å². The van der Waals surface area contributed by atoms with Crippen LogP contribution in [0.5, 0.6) is 0 Å². The zero-order valence-corrected chi connectivity index (χ0v) is 4.37. The minimum Gasteiger partial charge on any atom is -0.152 e. The maximum absolute atomic E-state index is 4.83. The van der Waals surface area contributed by atoms with Gasteiger partial charge in [-0.15, -0.1) is 11.7 Å². The summed E-state index contributed by atoms with van der Waals surface area (Å²) in [4.78, 5) is 0. The van der Waals surface area contributed by atoms with Gasteiger partial charge >= 0.3 is 0 Å². The molecule has 0 saturated heterocycles. The van der Waals surface area contributed by atoms with E-state index in [0.717, 1.165) is 10.6 Å². The molecule has 22 valence electrons. The molecule has 0 saturated carbocycles. The molecule has 0 amide bonds. The predicted molar refractivity (Wildman–Crippen MR) is 29.9 cm³/mol. The van der Waals surface area contributed by atoms with Crippen LogP contribution in [0.15, 0.2) is 0 Å². The van der Waals surface area contributed by atoms with Crippen LogP contribution >= 0.6 is 32.1 Å². The van der Waals surface area contributed by atoms with E-state index in [2.05, 4.69) is 11.7 Å². The Balaban J connectivity index is 1.97. The number of thiol groups is 1. The van der Waals surface area contributed by atoms with Gasteiger partial charge in [0.1, 0.15) is 0 Å². The van der Waals surface area contributed by atoms with Crippen LogP contribution in [0.25, 0.3) is 0 Å². The van der Waals surface area contributed by atoms with Gasteiger partial charge in [-0.2, -0.15) is 10.6 Å². The van der Waals surface area contributed by atoms with Crippen molar-refractivity contribution in [3.8, 4) is 0 Å². The van der Waals surface area contributed by atoms with Gasteiger partial charge < -0.3 is 0 Å². The molecular weight excluding hydrogens is 107 g/mol. The minimum atomic E-state index is 1.14. The van der Waals surface area contributed by atoms with Gasteiger partial charge in [0.25, 0.3) is 0 Å². The van der Waals surface area contributed by atoms with E-state index in [0.29, 0.717) is 0 Å². The molecular formula is HBS3. The van der Waals surface area contributed by atoms with Gasteiger partial charge in [0.2, 0.25) is 0 Å². The fourth-order valence-electron chi connectivity index (χ4n) is 0. The summed E-state index contributed by atoms with van der Waals surface area (Å²) in [5.41, 5.74) is 0. The van der Waals surface area contributed by atoms with Gasteiger partial charge in [-0.3, -0.25) is 0 Å². The van der Waals surface area contributed by atoms with Gasteiger partial charge in [0, 0.05) is 0 Å². The average Bonchev–Trinajstić information content (AvgIpc) is 1.37. The molecule has 0 rings (SSSR count). The van der Waals surface area contributed by atoms with Crippen LogP contribution in [0, 0.1) is 0 Å². The van der Waals surface area contributed by atoms with E-state index in [1.807, 2.05) is 0 Å². The molecule has 4 heavy (non-hydrogen) atoms. The topological polar surface area (TPSA) is 0 Å². The van der Waals surface area contributed by atoms with Crippen LogP contribution in [0.1, 0.15) is 0 Å². The van der Waals surface area contributed by atoms with Crippen molar-refractivity contribution < 1.29 is 0 Å². The maximum atomic E-state index is 4.83. The molecule has 0 spiro atoms. The lowest BCUT2D eigenvalue weighted by molar-refractivity contribution is 5.22. The van der Waals surface area contributed by atoms with E-state index < -0.39 is 0 Å². The quantitative estimate of drug-likeness (QED) is 0.305. The van der Waals surface area contributed by atoms with Crippen LogP contribution in [0.3, 0.4) is 0 Å². The first-order valence-electron chi connectivity index (χ1n) is 0.585. The molecule has 0 heterocycles. The Bertz CT molecular complexity index is 5.25. The van der Waals surface area contributed by atoms with E-state index in [1.54, 1.807) is 0 Å². The fraction of sp³-hybridized carbons (Fsp3) is 0. The third-order valence-electron chi connectivity index (χ3n) is 0.0430. The zero-order valence-electron chi connectivity index (χ0n) is 1.84. The molecule has 0 fully saturated rings. The second-order valence-electron chi connectivity index (χ2n) is 0.171. The fourth-order valence-corrected chi connectivity index (χ4v) is 0. The predicted octanol–water partition coefficient (Wildman–Crippen LogP) is 1.30. The zero-order chi connectivity index (χ0) is 3.41. The minimum absolute atomic E-state index is 1.14. The number of hydrogen-bond donors (Lipinski definition) is 1. The molecule has 0 nitrogen and oxygen atoms in total. The maximum Gasteiger partial charge on any atom is 0.178 e. The highest BCUT2D eigenvalue weighted by atomic mass is 33.5. The number of hydrogen-bond acceptors (Lipinski definition) is 3. The molecule has 0 aliphatic carbocycles. The van der Waals surface area contributed by atoms with Gasteiger partial charge in [0.05, 0.1) is 0 Å². The van der Waals surface area contributed by atoms with Gasteiger partial charge in [-0.05, 0) is 9.83 Å². The van der Waals surface area contributed by atoms with Crippen molar-refractivity contribution in [1.82, 2.24) is 0 Å². The van der Waals surface area contributed by atoms with Crippen LogP contribution in [0.2, 0.25) is 0 Å². The first kappa shape index (κ1) is 5.11. The SMILES string of the molecule is [B]SSS. The lowest BCUT2D eigenvalue weighted by Gasteiger charge is -1.68. The summed E-state index contributed by atoms with van der Waals surface area (Å²) in [5, 5.41) is 0. The molecule has 0 aliphatic heterocycles. The molecule has 0 aromatic carbocycles. The van der Waals surface area contributed by atoms with E-state index in [-0.39, 0.29) is 0 Å². The molecule has 0 aromatic heterocycles. The summed E-state index contributed by atoms with van der Waals surface area (Å²) < 4.78 is 0. The Morgan fingerprint density at radius 3 is 2.00 bits per heavy atom. The second-order valence-corrected chi connectivity index (χ2v) is 2.88. The Kier molecular flexibility index (Phi) is 5.26. The van der Waals surface area contributed by atoms with E-state index in [1.165, 1.54) is 9.83 Å². The van der Waals surface area contributed by atoms with Crippen molar-refractivity contribution in [2.45, 2.75) is 0 Å². The summed E-state index contributed by atoms with van der Waals surface area (Å²) in [6, 6.07) is 0. The molecule has 0 N–H and O–H groups in total. The van der Waals surface area contributed by atoms with Crippen LogP contribution in [0.4, 0.5) is 0 Å². The highest BCUT2D eigenvalue weighted by molar-refractivity contribution is 9.09. The monoisotopic (exact) mass is 108 g/mol. The van der Waals surface area contributed by atoms with Crippen molar-refractivity contribution >= 4 is 39.3 Å². The highest BCUT2D eigenvalue weighted by Crippen LogP contribution is 2.18. The Morgan fingerprint density at radius 2 is 2.00 bits per heavy atom. The molecule has 4 heteroatoms. The summed E-state index contributed by atoms with van der Waals surface area (Å²) in [7, 11) is 7.21. The Morgan fingerprint density at radius 1 is 1.75 bits per heavy atom. The second kappa shape index (κ2) is 4.11. The third-order valence-corrected chi connectivity index (χ3v) is 1.16. The van der Waals surface area contributed by atoms with Crippen LogP contribution < -0.4 is 0 Å². The lowest BCUT2D eigenvalue weighted by Crippen LogP contribution is -1.24. The van der Waals surface area contributed by atoms with Gasteiger partial charge in [-0.1, -0.05) is 0 Å². The first-order valence-corrected chi connectivity index (χ1v) is 3.85. The Labute approximate surface area is 39.6 Å². The van der Waals surface area contributed by atoms with Crippen LogP contribution in [-0.4, -0.2) is 7.12 Å². The molecule has 0 bridgehead atoms. The van der Waals surface area contributed by atoms with Crippen molar-refractivity contribution in [3.63, 3.8) is 0 Å². The van der Waals surface area contributed by atoms with Gasteiger partial charge in [-0.25, -0.2) is 0 Å².